The number of alkyl carbamates (subject to hydrolysis) is 1. The van der Waals surface area contributed by atoms with Crippen LogP contribution < -0.4 is 5.32 Å². The van der Waals surface area contributed by atoms with E-state index in [0.717, 1.165) is 0 Å². The molecule has 88 valence electrons. The van der Waals surface area contributed by atoms with E-state index in [9.17, 15) is 9.90 Å². The number of rotatable bonds is 1. The summed E-state index contributed by atoms with van der Waals surface area (Å²) in [5, 5.41) is 12.3. The standard InChI is InChI=1S/C10H20N2O3/c1-10(2,3)15-9(14)11-7-5-12(4)6-8(7)13/h7-8,13H,5-6H2,1-4H3,(H,11,14)/t7-,8-/m1/s1. The molecule has 1 aliphatic rings. The lowest BCUT2D eigenvalue weighted by Crippen LogP contribution is -2.45. The molecule has 5 nitrogen and oxygen atoms in total. The van der Waals surface area contributed by atoms with Crippen LogP contribution >= 0.6 is 0 Å². The number of carbonyl (C=O) groups is 1. The minimum Gasteiger partial charge on any atom is -0.444 e. The molecule has 0 bridgehead atoms. The van der Waals surface area contributed by atoms with Gasteiger partial charge in [0.15, 0.2) is 0 Å². The Morgan fingerprint density at radius 2 is 2.07 bits per heavy atom. The molecule has 0 aromatic heterocycles. The van der Waals surface area contributed by atoms with Gasteiger partial charge in [-0.25, -0.2) is 4.79 Å². The van der Waals surface area contributed by atoms with E-state index in [1.807, 2.05) is 32.7 Å². The molecular formula is C10H20N2O3. The Balaban J connectivity index is 2.39. The van der Waals surface area contributed by atoms with Crippen LogP contribution in [0.25, 0.3) is 0 Å². The molecule has 5 heteroatoms. The zero-order valence-electron chi connectivity index (χ0n) is 9.78. The van der Waals surface area contributed by atoms with Gasteiger partial charge in [-0.1, -0.05) is 0 Å². The highest BCUT2D eigenvalue weighted by atomic mass is 16.6. The maximum atomic E-state index is 11.4. The minimum absolute atomic E-state index is 0.232. The van der Waals surface area contributed by atoms with Crippen LogP contribution in [0.3, 0.4) is 0 Å². The van der Waals surface area contributed by atoms with Crippen LogP contribution in [0, 0.1) is 0 Å². The number of nitrogens with zero attached hydrogens (tertiary/aromatic N) is 1. The van der Waals surface area contributed by atoms with Crippen LogP contribution in [-0.2, 0) is 4.74 Å². The number of likely N-dealkylation sites (N-methyl/N-ethyl adjacent to an activating group) is 1. The Hall–Kier alpha value is -0.810. The van der Waals surface area contributed by atoms with Crippen molar-refractivity contribution >= 4 is 6.09 Å². The summed E-state index contributed by atoms with van der Waals surface area (Å²) in [6.07, 6.45) is -0.982. The van der Waals surface area contributed by atoms with Gasteiger partial charge in [0.2, 0.25) is 0 Å². The summed E-state index contributed by atoms with van der Waals surface area (Å²) in [7, 11) is 1.90. The molecular weight excluding hydrogens is 196 g/mol. The molecule has 2 atom stereocenters. The summed E-state index contributed by atoms with van der Waals surface area (Å²) in [6.45, 7) is 6.66. The van der Waals surface area contributed by atoms with Crippen molar-refractivity contribution in [1.29, 1.82) is 0 Å². The zero-order chi connectivity index (χ0) is 11.6. The molecule has 1 rings (SSSR count). The molecule has 0 aliphatic carbocycles. The molecule has 0 aromatic rings. The molecule has 1 saturated heterocycles. The highest BCUT2D eigenvalue weighted by molar-refractivity contribution is 5.68. The van der Waals surface area contributed by atoms with Gasteiger partial charge in [0, 0.05) is 13.1 Å². The Labute approximate surface area is 90.4 Å². The first kappa shape index (κ1) is 12.3. The van der Waals surface area contributed by atoms with Gasteiger partial charge in [-0.05, 0) is 27.8 Å². The fraction of sp³-hybridized carbons (Fsp3) is 0.900. The fourth-order valence-corrected chi connectivity index (χ4v) is 1.58. The van der Waals surface area contributed by atoms with Crippen LogP contribution in [-0.4, -0.2) is 54.0 Å². The maximum absolute atomic E-state index is 11.4. The number of amides is 1. The van der Waals surface area contributed by atoms with Crippen molar-refractivity contribution in [1.82, 2.24) is 10.2 Å². The molecule has 1 fully saturated rings. The van der Waals surface area contributed by atoms with Crippen molar-refractivity contribution in [3.63, 3.8) is 0 Å². The third kappa shape index (κ3) is 4.05. The molecule has 1 heterocycles. The zero-order valence-corrected chi connectivity index (χ0v) is 9.78. The van der Waals surface area contributed by atoms with E-state index in [0.29, 0.717) is 13.1 Å². The number of β-amino-alcohol motifs (C(OH)–C–C–N with tert-alkyl or cyclic N) is 1. The predicted octanol–water partition coefficient (Wildman–Crippen LogP) is 0.186. The summed E-state index contributed by atoms with van der Waals surface area (Å²) in [6, 6.07) is -0.232. The van der Waals surface area contributed by atoms with Crippen LogP contribution in [0.5, 0.6) is 0 Å². The van der Waals surface area contributed by atoms with Crippen molar-refractivity contribution in [2.75, 3.05) is 20.1 Å². The number of hydrogen-bond donors (Lipinski definition) is 2. The van der Waals surface area contributed by atoms with E-state index in [-0.39, 0.29) is 6.04 Å². The van der Waals surface area contributed by atoms with Crippen molar-refractivity contribution in [2.45, 2.75) is 38.5 Å². The number of aliphatic hydroxyl groups is 1. The van der Waals surface area contributed by atoms with Crippen molar-refractivity contribution < 1.29 is 14.6 Å². The number of hydrogen-bond acceptors (Lipinski definition) is 4. The minimum atomic E-state index is -0.512. The molecule has 0 saturated carbocycles. The summed E-state index contributed by atoms with van der Waals surface area (Å²) in [4.78, 5) is 13.4. The molecule has 0 spiro atoms. The molecule has 0 radical (unpaired) electrons. The average Bonchev–Trinajstić information content (AvgIpc) is 2.25. The predicted molar refractivity (Wildman–Crippen MR) is 56.7 cm³/mol. The molecule has 1 aliphatic heterocycles. The summed E-state index contributed by atoms with van der Waals surface area (Å²) in [5.74, 6) is 0. The smallest absolute Gasteiger partial charge is 0.408 e. The van der Waals surface area contributed by atoms with E-state index < -0.39 is 17.8 Å². The van der Waals surface area contributed by atoms with Gasteiger partial charge in [0.1, 0.15) is 5.60 Å². The van der Waals surface area contributed by atoms with Gasteiger partial charge in [-0.2, -0.15) is 0 Å². The molecule has 15 heavy (non-hydrogen) atoms. The Morgan fingerprint density at radius 1 is 1.47 bits per heavy atom. The fourth-order valence-electron chi connectivity index (χ4n) is 1.58. The second kappa shape index (κ2) is 4.37. The van der Waals surface area contributed by atoms with Gasteiger partial charge in [0.25, 0.3) is 0 Å². The largest absolute Gasteiger partial charge is 0.444 e. The monoisotopic (exact) mass is 216 g/mol. The molecule has 2 N–H and O–H groups in total. The van der Waals surface area contributed by atoms with Crippen molar-refractivity contribution in [3.05, 3.63) is 0 Å². The molecule has 0 aromatic carbocycles. The van der Waals surface area contributed by atoms with Gasteiger partial charge in [-0.3, -0.25) is 0 Å². The summed E-state index contributed by atoms with van der Waals surface area (Å²) < 4.78 is 5.10. The maximum Gasteiger partial charge on any atom is 0.408 e. The third-order valence-electron chi connectivity index (χ3n) is 2.17. The lowest BCUT2D eigenvalue weighted by molar-refractivity contribution is 0.0461. The highest BCUT2D eigenvalue weighted by Gasteiger charge is 2.31. The number of carbonyl (C=O) groups excluding carboxylic acids is 1. The van der Waals surface area contributed by atoms with Crippen molar-refractivity contribution in [3.8, 4) is 0 Å². The van der Waals surface area contributed by atoms with Crippen LogP contribution in [0.4, 0.5) is 4.79 Å². The number of ether oxygens (including phenoxy) is 1. The molecule has 0 unspecified atom stereocenters. The van der Waals surface area contributed by atoms with E-state index in [1.54, 1.807) is 0 Å². The second-order valence-corrected chi connectivity index (χ2v) is 5.04. The number of nitrogens with one attached hydrogen (secondary N) is 1. The summed E-state index contributed by atoms with van der Waals surface area (Å²) >= 11 is 0. The first-order chi connectivity index (χ1) is 6.78. The molecule has 1 amide bonds. The van der Waals surface area contributed by atoms with E-state index in [4.69, 9.17) is 4.74 Å². The van der Waals surface area contributed by atoms with Crippen LogP contribution in [0.2, 0.25) is 0 Å². The Bertz CT molecular complexity index is 237. The first-order valence-electron chi connectivity index (χ1n) is 5.14. The first-order valence-corrected chi connectivity index (χ1v) is 5.14. The van der Waals surface area contributed by atoms with Gasteiger partial charge in [-0.15, -0.1) is 0 Å². The third-order valence-corrected chi connectivity index (χ3v) is 2.17. The quantitative estimate of drug-likeness (QED) is 0.656. The number of aliphatic hydroxyl groups excluding tert-OH is 1. The topological polar surface area (TPSA) is 61.8 Å². The summed E-state index contributed by atoms with van der Waals surface area (Å²) in [5.41, 5.74) is -0.500. The average molecular weight is 216 g/mol. The van der Waals surface area contributed by atoms with Gasteiger partial charge in [0.05, 0.1) is 12.1 Å². The van der Waals surface area contributed by atoms with Crippen LogP contribution in [0.1, 0.15) is 20.8 Å². The lowest BCUT2D eigenvalue weighted by Gasteiger charge is -2.22. The Kier molecular flexibility index (Phi) is 3.57. The van der Waals surface area contributed by atoms with E-state index in [1.165, 1.54) is 0 Å². The van der Waals surface area contributed by atoms with E-state index in [2.05, 4.69) is 5.32 Å². The van der Waals surface area contributed by atoms with Crippen LogP contribution in [0.15, 0.2) is 0 Å². The second-order valence-electron chi connectivity index (χ2n) is 5.04. The Morgan fingerprint density at radius 3 is 2.47 bits per heavy atom. The van der Waals surface area contributed by atoms with Gasteiger partial charge >= 0.3 is 6.09 Å². The highest BCUT2D eigenvalue weighted by Crippen LogP contribution is 2.10. The van der Waals surface area contributed by atoms with Gasteiger partial charge < -0.3 is 20.1 Å². The normalized spacial score (nSPS) is 27.8. The SMILES string of the molecule is CN1C[C@@H](O)[C@H](NC(=O)OC(C)(C)C)C1. The van der Waals surface area contributed by atoms with E-state index >= 15 is 0 Å². The number of likely N-dealkylation sites (tertiary alicyclic amines) is 1. The van der Waals surface area contributed by atoms with Crippen molar-refractivity contribution in [2.24, 2.45) is 0 Å². The lowest BCUT2D eigenvalue weighted by atomic mass is 10.2.